The van der Waals surface area contributed by atoms with Gasteiger partial charge in [-0.05, 0) is 36.7 Å². The second-order valence-electron chi connectivity index (χ2n) is 7.96. The van der Waals surface area contributed by atoms with Gasteiger partial charge in [0.2, 0.25) is 5.28 Å². The summed E-state index contributed by atoms with van der Waals surface area (Å²) in [5.41, 5.74) is 8.26. The third-order valence-electron chi connectivity index (χ3n) is 5.42. The smallest absolute Gasteiger partial charge is 0.226 e. The molecule has 0 radical (unpaired) electrons. The van der Waals surface area contributed by atoms with E-state index >= 15 is 0 Å². The molecule has 1 aliphatic rings. The Morgan fingerprint density at radius 2 is 2.12 bits per heavy atom. The van der Waals surface area contributed by atoms with Crippen LogP contribution in [0.25, 0.3) is 21.4 Å². The molecule has 3 aromatic heterocycles. The number of imidazole rings is 1. The lowest BCUT2D eigenvalue weighted by Crippen LogP contribution is -2.33. The van der Waals surface area contributed by atoms with Crippen molar-refractivity contribution in [1.82, 2.24) is 24.5 Å². The van der Waals surface area contributed by atoms with Crippen molar-refractivity contribution in [3.05, 3.63) is 29.8 Å². The number of hydrogen-bond donors (Lipinski definition) is 5. The van der Waals surface area contributed by atoms with Crippen molar-refractivity contribution in [2.24, 2.45) is 0 Å². The molecule has 4 aromatic rings. The molecule has 5 rings (SSSR count). The van der Waals surface area contributed by atoms with Gasteiger partial charge in [-0.15, -0.1) is 11.3 Å². The van der Waals surface area contributed by atoms with Gasteiger partial charge in [0.05, 0.1) is 23.2 Å². The molecule has 1 fully saturated rings. The third kappa shape index (κ3) is 4.40. The third-order valence-corrected chi connectivity index (χ3v) is 8.01. The van der Waals surface area contributed by atoms with Crippen LogP contribution in [0.3, 0.4) is 0 Å². The summed E-state index contributed by atoms with van der Waals surface area (Å²) in [7, 11) is 0. The number of hydrogen-bond acceptors (Lipinski definition) is 12. The Labute approximate surface area is 207 Å². The van der Waals surface area contributed by atoms with Crippen LogP contribution in [0.4, 0.5) is 11.5 Å². The standard InChI is InChI=1S/C20H22ClN7O4S2/c1-8(6-33-20-25-10-3-2-9(22)4-12(10)34-20)24-16-13-17(27-19(21)26-16)28(7-23-13)18-15(31)14(30)11(5-29)32-18/h2-4,7-8,11,14-15,18,29-31H,5-6,22H2,1H3,(H,24,26,27)/t8?,11-,14?,15?,18-/m1/s1. The van der Waals surface area contributed by atoms with Crippen LogP contribution in [0.15, 0.2) is 28.9 Å². The summed E-state index contributed by atoms with van der Waals surface area (Å²) in [5, 5.41) is 33.1. The Kier molecular flexibility index (Phi) is 6.50. The van der Waals surface area contributed by atoms with E-state index in [1.807, 2.05) is 25.1 Å². The molecule has 0 spiro atoms. The number of thioether (sulfide) groups is 1. The van der Waals surface area contributed by atoms with Crippen molar-refractivity contribution in [2.75, 3.05) is 23.4 Å². The number of nitrogens with zero attached hydrogens (tertiary/aromatic N) is 5. The molecule has 1 aliphatic heterocycles. The molecule has 34 heavy (non-hydrogen) atoms. The Morgan fingerprint density at radius 3 is 2.88 bits per heavy atom. The normalized spacial score (nSPS) is 23.7. The molecule has 0 bridgehead atoms. The van der Waals surface area contributed by atoms with Crippen molar-refractivity contribution in [2.45, 2.75) is 41.8 Å². The highest BCUT2D eigenvalue weighted by molar-refractivity contribution is 8.01. The van der Waals surface area contributed by atoms with Crippen LogP contribution in [0, 0.1) is 0 Å². The number of nitrogens with one attached hydrogen (secondary N) is 1. The quantitative estimate of drug-likeness (QED) is 0.136. The predicted octanol–water partition coefficient (Wildman–Crippen LogP) is 1.88. The number of aromatic nitrogens is 5. The van der Waals surface area contributed by atoms with E-state index in [4.69, 9.17) is 22.1 Å². The number of thiazole rings is 1. The van der Waals surface area contributed by atoms with E-state index in [9.17, 15) is 15.3 Å². The average Bonchev–Trinajstić information content (AvgIpc) is 3.48. The minimum Gasteiger partial charge on any atom is -0.399 e. The van der Waals surface area contributed by atoms with Crippen LogP contribution in [-0.2, 0) is 4.74 Å². The molecule has 180 valence electrons. The van der Waals surface area contributed by atoms with Gasteiger partial charge in [-0.1, -0.05) is 11.8 Å². The number of aliphatic hydroxyl groups is 3. The van der Waals surface area contributed by atoms with E-state index in [0.717, 1.165) is 14.6 Å². The highest BCUT2D eigenvalue weighted by Crippen LogP contribution is 2.34. The van der Waals surface area contributed by atoms with E-state index in [1.165, 1.54) is 10.9 Å². The van der Waals surface area contributed by atoms with Gasteiger partial charge in [0, 0.05) is 17.5 Å². The lowest BCUT2D eigenvalue weighted by molar-refractivity contribution is -0.0511. The molecular weight excluding hydrogens is 502 g/mol. The molecule has 4 heterocycles. The summed E-state index contributed by atoms with van der Waals surface area (Å²) in [5.74, 6) is 1.14. The Hall–Kier alpha value is -2.26. The zero-order valence-electron chi connectivity index (χ0n) is 17.9. The highest BCUT2D eigenvalue weighted by Gasteiger charge is 2.44. The average molecular weight is 524 g/mol. The first-order valence-electron chi connectivity index (χ1n) is 10.4. The number of nitrogens with two attached hydrogens (primary N) is 1. The van der Waals surface area contributed by atoms with Gasteiger partial charge < -0.3 is 31.1 Å². The number of nitrogen functional groups attached to an aromatic ring is 1. The molecule has 5 atom stereocenters. The highest BCUT2D eigenvalue weighted by atomic mass is 35.5. The number of anilines is 2. The predicted molar refractivity (Wildman–Crippen MR) is 131 cm³/mol. The summed E-state index contributed by atoms with van der Waals surface area (Å²) in [4.78, 5) is 17.5. The van der Waals surface area contributed by atoms with E-state index in [0.29, 0.717) is 28.4 Å². The first-order chi connectivity index (χ1) is 16.3. The van der Waals surface area contributed by atoms with Crippen molar-refractivity contribution in [3.63, 3.8) is 0 Å². The topological polar surface area (TPSA) is 164 Å². The first kappa shape index (κ1) is 23.5. The second kappa shape index (κ2) is 9.41. The summed E-state index contributed by atoms with van der Waals surface area (Å²) in [6, 6.07) is 5.65. The van der Waals surface area contributed by atoms with Crippen molar-refractivity contribution >= 4 is 67.6 Å². The molecule has 11 nitrogen and oxygen atoms in total. The fourth-order valence-electron chi connectivity index (χ4n) is 3.74. The molecule has 14 heteroatoms. The van der Waals surface area contributed by atoms with E-state index in [1.54, 1.807) is 23.1 Å². The largest absolute Gasteiger partial charge is 0.399 e. The van der Waals surface area contributed by atoms with E-state index < -0.39 is 31.1 Å². The van der Waals surface area contributed by atoms with Crippen LogP contribution in [0.1, 0.15) is 13.2 Å². The monoisotopic (exact) mass is 523 g/mol. The summed E-state index contributed by atoms with van der Waals surface area (Å²) < 4.78 is 9.06. The molecule has 0 saturated carbocycles. The van der Waals surface area contributed by atoms with E-state index in [-0.39, 0.29) is 11.3 Å². The minimum atomic E-state index is -1.26. The fourth-order valence-corrected chi connectivity index (χ4v) is 6.00. The zero-order chi connectivity index (χ0) is 24.0. The van der Waals surface area contributed by atoms with Gasteiger partial charge >= 0.3 is 0 Å². The summed E-state index contributed by atoms with van der Waals surface area (Å²) in [6.45, 7) is 1.57. The number of fused-ring (bicyclic) bond motifs is 2. The van der Waals surface area contributed by atoms with Crippen LogP contribution in [0.2, 0.25) is 5.28 Å². The van der Waals surface area contributed by atoms with Crippen molar-refractivity contribution in [3.8, 4) is 0 Å². The van der Waals surface area contributed by atoms with Crippen LogP contribution in [0.5, 0.6) is 0 Å². The number of halogens is 1. The SMILES string of the molecule is CC(CSc1nc2ccc(N)cc2s1)Nc1nc(Cl)nc2c1ncn2[C@@H]1O[C@H](CO)C(O)C1O. The molecule has 1 aromatic carbocycles. The molecule has 3 unspecified atom stereocenters. The van der Waals surface area contributed by atoms with Crippen LogP contribution >= 0.6 is 34.7 Å². The lowest BCUT2D eigenvalue weighted by Gasteiger charge is -2.17. The molecule has 6 N–H and O–H groups in total. The van der Waals surface area contributed by atoms with Gasteiger partial charge in [0.1, 0.15) is 18.3 Å². The van der Waals surface area contributed by atoms with Crippen LogP contribution in [-0.4, -0.2) is 76.5 Å². The van der Waals surface area contributed by atoms with E-state index in [2.05, 4.69) is 25.3 Å². The van der Waals surface area contributed by atoms with Gasteiger partial charge in [-0.3, -0.25) is 4.57 Å². The maximum Gasteiger partial charge on any atom is 0.226 e. The molecule has 0 amide bonds. The number of rotatable bonds is 7. The number of ether oxygens (including phenoxy) is 1. The second-order valence-corrected chi connectivity index (χ2v) is 10.6. The van der Waals surface area contributed by atoms with Crippen LogP contribution < -0.4 is 11.1 Å². The van der Waals surface area contributed by atoms with Gasteiger partial charge in [-0.25, -0.2) is 9.97 Å². The number of benzene rings is 1. The zero-order valence-corrected chi connectivity index (χ0v) is 20.3. The minimum absolute atomic E-state index is 0.00731. The Morgan fingerprint density at radius 1 is 1.29 bits per heavy atom. The molecular formula is C20H22ClN7O4S2. The van der Waals surface area contributed by atoms with Gasteiger partial charge in [0.15, 0.2) is 27.5 Å². The Balaban J connectivity index is 1.33. The first-order valence-corrected chi connectivity index (χ1v) is 12.6. The maximum atomic E-state index is 10.4. The number of aliphatic hydroxyl groups excluding tert-OH is 3. The van der Waals surface area contributed by atoms with Crippen molar-refractivity contribution < 1.29 is 20.1 Å². The van der Waals surface area contributed by atoms with Gasteiger partial charge in [0.25, 0.3) is 0 Å². The van der Waals surface area contributed by atoms with Gasteiger partial charge in [-0.2, -0.15) is 9.97 Å². The maximum absolute atomic E-state index is 10.4. The summed E-state index contributed by atoms with van der Waals surface area (Å²) in [6.07, 6.45) is -2.95. The Bertz CT molecular complexity index is 1340. The van der Waals surface area contributed by atoms with Crippen molar-refractivity contribution in [1.29, 1.82) is 0 Å². The summed E-state index contributed by atoms with van der Waals surface area (Å²) >= 11 is 9.38. The molecule has 1 saturated heterocycles. The lowest BCUT2D eigenvalue weighted by atomic mass is 10.1. The fraction of sp³-hybridized carbons (Fsp3) is 0.400. The molecule has 0 aliphatic carbocycles.